The summed E-state index contributed by atoms with van der Waals surface area (Å²) in [6.07, 6.45) is 1.70. The van der Waals surface area contributed by atoms with E-state index in [0.717, 1.165) is 16.9 Å². The molecule has 3 rings (SSSR count). The second-order valence-electron chi connectivity index (χ2n) is 7.79. The van der Waals surface area contributed by atoms with Gasteiger partial charge in [0, 0.05) is 6.54 Å². The normalized spacial score (nSPS) is 18.5. The molecule has 1 fully saturated rings. The third kappa shape index (κ3) is 4.55. The van der Waals surface area contributed by atoms with Gasteiger partial charge in [-0.2, -0.15) is 5.10 Å². The molecule has 2 aromatic rings. The zero-order valence-corrected chi connectivity index (χ0v) is 17.9. The first-order valence-corrected chi connectivity index (χ1v) is 9.88. The van der Waals surface area contributed by atoms with Gasteiger partial charge in [0.25, 0.3) is 5.56 Å². The Hall–Kier alpha value is -2.35. The van der Waals surface area contributed by atoms with Gasteiger partial charge in [0.05, 0.1) is 19.0 Å². The van der Waals surface area contributed by atoms with Gasteiger partial charge < -0.3 is 14.8 Å². The number of hydrogen-bond donors (Lipinski definition) is 1. The van der Waals surface area contributed by atoms with E-state index in [1.807, 2.05) is 18.2 Å². The maximum Gasteiger partial charge on any atom is 0.438 e. The molecular formula is C20H24BrN3O4. The van der Waals surface area contributed by atoms with E-state index in [4.69, 9.17) is 9.47 Å². The lowest BCUT2D eigenvalue weighted by atomic mass is 10.1. The van der Waals surface area contributed by atoms with E-state index in [1.54, 1.807) is 27.9 Å². The van der Waals surface area contributed by atoms with Crippen molar-refractivity contribution in [2.45, 2.75) is 38.7 Å². The van der Waals surface area contributed by atoms with Gasteiger partial charge in [-0.15, -0.1) is 4.68 Å². The number of para-hydroxylation sites is 1. The van der Waals surface area contributed by atoms with E-state index in [-0.39, 0.29) is 4.47 Å². The van der Waals surface area contributed by atoms with Gasteiger partial charge in [0.2, 0.25) is 0 Å². The highest BCUT2D eigenvalue weighted by Gasteiger charge is 2.39. The Kier molecular flexibility index (Phi) is 5.79. The SMILES string of the molecule is COc1ccccc1[C@@H]1C[C@H]1CNc1cnn(C(=O)OC(C)(C)C)c(=O)c1Br. The Balaban J connectivity index is 1.66. The number of anilines is 1. The minimum Gasteiger partial charge on any atom is -0.496 e. The predicted octanol–water partition coefficient (Wildman–Crippen LogP) is 4.01. The summed E-state index contributed by atoms with van der Waals surface area (Å²) in [5, 5.41) is 7.19. The number of carbonyl (C=O) groups excluding carboxylic acids is 1. The molecule has 150 valence electrons. The Morgan fingerprint density at radius 2 is 2.07 bits per heavy atom. The summed E-state index contributed by atoms with van der Waals surface area (Å²) in [6.45, 7) is 5.89. The van der Waals surface area contributed by atoms with Crippen LogP contribution in [0.1, 0.15) is 38.7 Å². The van der Waals surface area contributed by atoms with Crippen molar-refractivity contribution < 1.29 is 14.3 Å². The molecule has 0 radical (unpaired) electrons. The lowest BCUT2D eigenvalue weighted by molar-refractivity contribution is 0.0505. The number of methoxy groups -OCH3 is 1. The Labute approximate surface area is 172 Å². The molecule has 7 nitrogen and oxygen atoms in total. The number of carbonyl (C=O) groups is 1. The topological polar surface area (TPSA) is 82.4 Å². The molecule has 2 atom stereocenters. The number of nitrogens with zero attached hydrogens (tertiary/aromatic N) is 2. The molecule has 1 aromatic heterocycles. The zero-order valence-electron chi connectivity index (χ0n) is 16.4. The van der Waals surface area contributed by atoms with Crippen molar-refractivity contribution >= 4 is 27.7 Å². The molecule has 28 heavy (non-hydrogen) atoms. The van der Waals surface area contributed by atoms with Crippen LogP contribution in [0.5, 0.6) is 5.75 Å². The highest BCUT2D eigenvalue weighted by molar-refractivity contribution is 9.10. The minimum atomic E-state index is -0.803. The Morgan fingerprint density at radius 3 is 2.75 bits per heavy atom. The van der Waals surface area contributed by atoms with Gasteiger partial charge in [-0.1, -0.05) is 18.2 Å². The van der Waals surface area contributed by atoms with Crippen LogP contribution in [-0.4, -0.2) is 35.1 Å². The van der Waals surface area contributed by atoms with E-state index in [9.17, 15) is 9.59 Å². The van der Waals surface area contributed by atoms with E-state index >= 15 is 0 Å². The maximum absolute atomic E-state index is 12.4. The Bertz CT molecular complexity index is 936. The van der Waals surface area contributed by atoms with Gasteiger partial charge in [-0.25, -0.2) is 4.79 Å². The first-order valence-electron chi connectivity index (χ1n) is 9.09. The van der Waals surface area contributed by atoms with Crippen molar-refractivity contribution in [1.29, 1.82) is 0 Å². The van der Waals surface area contributed by atoms with Crippen LogP contribution in [0.4, 0.5) is 10.5 Å². The number of rotatable bonds is 5. The molecule has 1 aliphatic carbocycles. The molecule has 0 amide bonds. The van der Waals surface area contributed by atoms with E-state index in [1.165, 1.54) is 11.8 Å². The third-order valence-corrected chi connectivity index (χ3v) is 5.27. The molecule has 1 heterocycles. The second-order valence-corrected chi connectivity index (χ2v) is 8.59. The number of ether oxygens (including phenoxy) is 2. The van der Waals surface area contributed by atoms with Crippen molar-refractivity contribution in [1.82, 2.24) is 9.78 Å². The molecule has 1 N–H and O–H groups in total. The standard InChI is InChI=1S/C20H24BrN3O4/c1-20(2,3)28-19(26)24-18(25)17(21)15(11-23-24)22-10-12-9-14(12)13-7-5-6-8-16(13)27-4/h5-8,11-12,14,22H,9-10H2,1-4H3/t12-,14+/m0/s1. The quantitative estimate of drug-likeness (QED) is 0.742. The van der Waals surface area contributed by atoms with Crippen LogP contribution in [0.3, 0.4) is 0 Å². The number of nitrogens with one attached hydrogen (secondary N) is 1. The predicted molar refractivity (Wildman–Crippen MR) is 110 cm³/mol. The van der Waals surface area contributed by atoms with Crippen molar-refractivity contribution in [3.63, 3.8) is 0 Å². The van der Waals surface area contributed by atoms with Crippen LogP contribution in [0, 0.1) is 5.92 Å². The lowest BCUT2D eigenvalue weighted by Gasteiger charge is -2.19. The van der Waals surface area contributed by atoms with Gasteiger partial charge in [0.15, 0.2) is 0 Å². The van der Waals surface area contributed by atoms with Gasteiger partial charge in [-0.05, 0) is 66.6 Å². The van der Waals surface area contributed by atoms with Crippen molar-refractivity contribution in [3.8, 4) is 5.75 Å². The summed E-state index contributed by atoms with van der Waals surface area (Å²) in [6, 6.07) is 8.02. The lowest BCUT2D eigenvalue weighted by Crippen LogP contribution is -2.35. The molecule has 1 aromatic carbocycles. The smallest absolute Gasteiger partial charge is 0.438 e. The monoisotopic (exact) mass is 449 g/mol. The number of benzene rings is 1. The highest BCUT2D eigenvalue weighted by atomic mass is 79.9. The minimum absolute atomic E-state index is 0.253. The molecule has 0 aliphatic heterocycles. The summed E-state index contributed by atoms with van der Waals surface area (Å²) in [5.74, 6) is 1.77. The summed E-state index contributed by atoms with van der Waals surface area (Å²) in [4.78, 5) is 24.5. The largest absolute Gasteiger partial charge is 0.496 e. The zero-order chi connectivity index (χ0) is 20.5. The number of hydrogen-bond acceptors (Lipinski definition) is 6. The van der Waals surface area contributed by atoms with E-state index < -0.39 is 17.3 Å². The second kappa shape index (κ2) is 7.95. The number of halogens is 1. The first-order chi connectivity index (χ1) is 13.2. The van der Waals surface area contributed by atoms with Crippen LogP contribution >= 0.6 is 15.9 Å². The van der Waals surface area contributed by atoms with E-state index in [2.05, 4.69) is 32.4 Å². The van der Waals surface area contributed by atoms with Gasteiger partial charge in [-0.3, -0.25) is 4.79 Å². The summed E-state index contributed by atoms with van der Waals surface area (Å²) in [7, 11) is 1.68. The van der Waals surface area contributed by atoms with Crippen LogP contribution in [-0.2, 0) is 4.74 Å². The molecule has 0 unspecified atom stereocenters. The number of aromatic nitrogens is 2. The fourth-order valence-electron chi connectivity index (χ4n) is 3.06. The fourth-order valence-corrected chi connectivity index (χ4v) is 3.47. The molecule has 0 saturated heterocycles. The van der Waals surface area contributed by atoms with Crippen LogP contribution in [0.2, 0.25) is 0 Å². The molecule has 1 saturated carbocycles. The summed E-state index contributed by atoms with van der Waals surface area (Å²) in [5.41, 5.74) is 0.488. The van der Waals surface area contributed by atoms with Crippen molar-refractivity contribution in [2.24, 2.45) is 5.92 Å². The average molecular weight is 450 g/mol. The van der Waals surface area contributed by atoms with Gasteiger partial charge in [0.1, 0.15) is 15.8 Å². The third-order valence-electron chi connectivity index (χ3n) is 4.50. The Morgan fingerprint density at radius 1 is 1.36 bits per heavy atom. The maximum atomic E-state index is 12.4. The van der Waals surface area contributed by atoms with Crippen molar-refractivity contribution in [3.05, 3.63) is 50.9 Å². The first kappa shape index (κ1) is 20.4. The average Bonchev–Trinajstić information content (AvgIpc) is 3.40. The van der Waals surface area contributed by atoms with Crippen LogP contribution in [0.15, 0.2) is 39.7 Å². The molecular weight excluding hydrogens is 426 g/mol. The molecule has 0 bridgehead atoms. The van der Waals surface area contributed by atoms with Crippen LogP contribution < -0.4 is 15.6 Å². The summed E-state index contributed by atoms with van der Waals surface area (Å²) >= 11 is 3.27. The van der Waals surface area contributed by atoms with Gasteiger partial charge >= 0.3 is 6.09 Å². The highest BCUT2D eigenvalue weighted by Crippen LogP contribution is 2.50. The van der Waals surface area contributed by atoms with E-state index in [0.29, 0.717) is 24.1 Å². The van der Waals surface area contributed by atoms with Crippen LogP contribution in [0.25, 0.3) is 0 Å². The molecule has 0 spiro atoms. The van der Waals surface area contributed by atoms with Crippen molar-refractivity contribution in [2.75, 3.05) is 19.0 Å². The molecule has 1 aliphatic rings. The summed E-state index contributed by atoms with van der Waals surface area (Å²) < 4.78 is 11.6. The fraction of sp³-hybridized carbons (Fsp3) is 0.450. The molecule has 8 heteroatoms.